The van der Waals surface area contributed by atoms with Crippen molar-refractivity contribution in [3.05, 3.63) is 59.5 Å². The smallest absolute Gasteiger partial charge is 0.308 e. The molecule has 0 radical (unpaired) electrons. The maximum absolute atomic E-state index is 12.6. The van der Waals surface area contributed by atoms with Gasteiger partial charge in [-0.05, 0) is 17.7 Å². The fourth-order valence-corrected chi connectivity index (χ4v) is 3.13. The number of hydrogen-bond donors (Lipinski definition) is 1. The summed E-state index contributed by atoms with van der Waals surface area (Å²) in [5.74, 6) is -1.25. The molecule has 126 valence electrons. The summed E-state index contributed by atoms with van der Waals surface area (Å²) in [5.41, 5.74) is 0.930. The number of benzene rings is 1. The molecule has 2 aromatic rings. The summed E-state index contributed by atoms with van der Waals surface area (Å²) in [4.78, 5) is 25.8. The average Bonchev–Trinajstić information content (AvgIpc) is 3.22. The van der Waals surface area contributed by atoms with Crippen LogP contribution in [0.1, 0.15) is 27.8 Å². The highest BCUT2D eigenvalue weighted by Gasteiger charge is 2.41. The highest BCUT2D eigenvalue weighted by Crippen LogP contribution is 2.33. The van der Waals surface area contributed by atoms with Gasteiger partial charge in [0.2, 0.25) is 0 Å². The van der Waals surface area contributed by atoms with Gasteiger partial charge in [0.25, 0.3) is 5.91 Å². The standard InChI is InChI=1S/C18H19NO5/c1-23-11-13-7-8-16(24-13)17(20)19-9-14(15(10-19)18(21)22)12-5-3-2-4-6-12/h2-8,14-15H,9-11H2,1H3,(H,21,22)/t14-,15+/m0/s1. The van der Waals surface area contributed by atoms with Crippen LogP contribution in [0, 0.1) is 5.92 Å². The van der Waals surface area contributed by atoms with E-state index >= 15 is 0 Å². The van der Waals surface area contributed by atoms with Crippen molar-refractivity contribution in [3.8, 4) is 0 Å². The summed E-state index contributed by atoms with van der Waals surface area (Å²) in [7, 11) is 1.55. The summed E-state index contributed by atoms with van der Waals surface area (Å²) in [6.07, 6.45) is 0. The number of hydrogen-bond acceptors (Lipinski definition) is 4. The molecule has 0 spiro atoms. The number of carboxylic acid groups (broad SMARTS) is 1. The van der Waals surface area contributed by atoms with Crippen LogP contribution in [0.25, 0.3) is 0 Å². The second-order valence-corrected chi connectivity index (χ2v) is 5.87. The first kappa shape index (κ1) is 16.3. The second-order valence-electron chi connectivity index (χ2n) is 5.87. The number of amides is 1. The monoisotopic (exact) mass is 329 g/mol. The van der Waals surface area contributed by atoms with E-state index in [-0.39, 0.29) is 30.7 Å². The normalized spacial score (nSPS) is 20.3. The molecular formula is C18H19NO5. The number of aliphatic carboxylic acids is 1. The van der Waals surface area contributed by atoms with Crippen molar-refractivity contribution in [1.29, 1.82) is 0 Å². The van der Waals surface area contributed by atoms with Gasteiger partial charge in [-0.3, -0.25) is 9.59 Å². The zero-order chi connectivity index (χ0) is 17.1. The third kappa shape index (κ3) is 3.19. The number of methoxy groups -OCH3 is 1. The molecule has 2 heterocycles. The quantitative estimate of drug-likeness (QED) is 0.911. The van der Waals surface area contributed by atoms with Gasteiger partial charge in [0.05, 0.1) is 5.92 Å². The second kappa shape index (κ2) is 6.88. The molecule has 1 aliphatic heterocycles. The third-order valence-corrected chi connectivity index (χ3v) is 4.31. The van der Waals surface area contributed by atoms with E-state index in [9.17, 15) is 14.7 Å². The molecule has 3 rings (SSSR count). The van der Waals surface area contributed by atoms with E-state index < -0.39 is 11.9 Å². The lowest BCUT2D eigenvalue weighted by Gasteiger charge is -2.15. The number of ether oxygens (including phenoxy) is 1. The van der Waals surface area contributed by atoms with E-state index in [0.717, 1.165) is 5.56 Å². The van der Waals surface area contributed by atoms with Crippen LogP contribution >= 0.6 is 0 Å². The molecule has 1 amide bonds. The Labute approximate surface area is 139 Å². The third-order valence-electron chi connectivity index (χ3n) is 4.31. The minimum absolute atomic E-state index is 0.175. The van der Waals surface area contributed by atoms with Crippen molar-refractivity contribution >= 4 is 11.9 Å². The van der Waals surface area contributed by atoms with Gasteiger partial charge in [-0.2, -0.15) is 0 Å². The average molecular weight is 329 g/mol. The van der Waals surface area contributed by atoms with Crippen LogP contribution in [0.15, 0.2) is 46.9 Å². The number of nitrogens with zero attached hydrogens (tertiary/aromatic N) is 1. The number of furan rings is 1. The van der Waals surface area contributed by atoms with Crippen molar-refractivity contribution in [2.75, 3.05) is 20.2 Å². The molecule has 0 bridgehead atoms. The number of carboxylic acids is 1. The van der Waals surface area contributed by atoms with E-state index in [0.29, 0.717) is 12.3 Å². The highest BCUT2D eigenvalue weighted by molar-refractivity contribution is 5.92. The van der Waals surface area contributed by atoms with Crippen LogP contribution < -0.4 is 0 Å². The van der Waals surface area contributed by atoms with E-state index in [2.05, 4.69) is 0 Å². The Morgan fingerprint density at radius 1 is 1.21 bits per heavy atom. The van der Waals surface area contributed by atoms with Crippen LogP contribution in [0.5, 0.6) is 0 Å². The van der Waals surface area contributed by atoms with Crippen molar-refractivity contribution < 1.29 is 23.8 Å². The number of likely N-dealkylation sites (tertiary alicyclic amines) is 1. The molecule has 0 aliphatic carbocycles. The molecule has 1 aromatic carbocycles. The molecular weight excluding hydrogens is 310 g/mol. The molecule has 1 aliphatic rings. The zero-order valence-corrected chi connectivity index (χ0v) is 13.3. The van der Waals surface area contributed by atoms with Crippen LogP contribution in [-0.4, -0.2) is 42.1 Å². The largest absolute Gasteiger partial charge is 0.481 e. The zero-order valence-electron chi connectivity index (χ0n) is 13.3. The van der Waals surface area contributed by atoms with Gasteiger partial charge in [0.15, 0.2) is 5.76 Å². The summed E-state index contributed by atoms with van der Waals surface area (Å²) in [5, 5.41) is 9.51. The van der Waals surface area contributed by atoms with Crippen molar-refractivity contribution in [1.82, 2.24) is 4.90 Å². The Balaban J connectivity index is 1.79. The van der Waals surface area contributed by atoms with E-state index in [1.165, 1.54) is 0 Å². The molecule has 0 saturated carbocycles. The number of rotatable bonds is 5. The van der Waals surface area contributed by atoms with Gasteiger partial charge in [-0.15, -0.1) is 0 Å². The van der Waals surface area contributed by atoms with Crippen molar-refractivity contribution in [2.45, 2.75) is 12.5 Å². The predicted molar refractivity (Wildman–Crippen MR) is 85.6 cm³/mol. The fourth-order valence-electron chi connectivity index (χ4n) is 3.13. The van der Waals surface area contributed by atoms with Crippen LogP contribution in [0.3, 0.4) is 0 Å². The molecule has 24 heavy (non-hydrogen) atoms. The Kier molecular flexibility index (Phi) is 4.66. The minimum Gasteiger partial charge on any atom is -0.481 e. The minimum atomic E-state index is -0.890. The van der Waals surface area contributed by atoms with Crippen LogP contribution in [-0.2, 0) is 16.1 Å². The summed E-state index contributed by atoms with van der Waals surface area (Å²) >= 11 is 0. The molecule has 6 nitrogen and oxygen atoms in total. The molecule has 6 heteroatoms. The van der Waals surface area contributed by atoms with Crippen molar-refractivity contribution in [3.63, 3.8) is 0 Å². The number of carbonyl (C=O) groups excluding carboxylic acids is 1. The first-order chi connectivity index (χ1) is 11.6. The van der Waals surface area contributed by atoms with Gasteiger partial charge >= 0.3 is 5.97 Å². The topological polar surface area (TPSA) is 80.0 Å². The lowest BCUT2D eigenvalue weighted by Crippen LogP contribution is -2.29. The Hall–Kier alpha value is -2.60. The first-order valence-corrected chi connectivity index (χ1v) is 7.75. The molecule has 0 unspecified atom stereocenters. The summed E-state index contributed by atoms with van der Waals surface area (Å²) < 4.78 is 10.4. The Morgan fingerprint density at radius 3 is 2.62 bits per heavy atom. The number of carbonyl (C=O) groups is 2. The van der Waals surface area contributed by atoms with E-state index in [4.69, 9.17) is 9.15 Å². The molecule has 1 N–H and O–H groups in total. The SMILES string of the molecule is COCc1ccc(C(=O)N2C[C@@H](C(=O)O)[C@H](c3ccccc3)C2)o1. The molecule has 1 aromatic heterocycles. The van der Waals surface area contributed by atoms with Crippen LogP contribution in [0.2, 0.25) is 0 Å². The highest BCUT2D eigenvalue weighted by atomic mass is 16.5. The maximum Gasteiger partial charge on any atom is 0.308 e. The van der Waals surface area contributed by atoms with Gasteiger partial charge in [-0.25, -0.2) is 0 Å². The molecule has 2 atom stereocenters. The summed E-state index contributed by atoms with van der Waals surface area (Å²) in [6.45, 7) is 0.825. The van der Waals surface area contributed by atoms with Gasteiger partial charge in [-0.1, -0.05) is 30.3 Å². The lowest BCUT2D eigenvalue weighted by molar-refractivity contribution is -0.141. The van der Waals surface area contributed by atoms with Gasteiger partial charge in [0, 0.05) is 26.1 Å². The van der Waals surface area contributed by atoms with Gasteiger partial charge < -0.3 is 19.2 Å². The Morgan fingerprint density at radius 2 is 1.96 bits per heavy atom. The predicted octanol–water partition coefficient (Wildman–Crippen LogP) is 2.37. The molecule has 1 saturated heterocycles. The van der Waals surface area contributed by atoms with E-state index in [1.54, 1.807) is 24.1 Å². The Bertz CT molecular complexity index is 724. The van der Waals surface area contributed by atoms with Gasteiger partial charge in [0.1, 0.15) is 12.4 Å². The maximum atomic E-state index is 12.6. The first-order valence-electron chi connectivity index (χ1n) is 7.75. The van der Waals surface area contributed by atoms with Crippen LogP contribution in [0.4, 0.5) is 0 Å². The molecule has 1 fully saturated rings. The summed E-state index contributed by atoms with van der Waals surface area (Å²) in [6, 6.07) is 12.7. The fraction of sp³-hybridized carbons (Fsp3) is 0.333. The lowest BCUT2D eigenvalue weighted by atomic mass is 9.89. The van der Waals surface area contributed by atoms with E-state index in [1.807, 2.05) is 30.3 Å². The van der Waals surface area contributed by atoms with Crippen molar-refractivity contribution in [2.24, 2.45) is 5.92 Å².